The second kappa shape index (κ2) is 7.92. The molecule has 3 N–H and O–H groups in total. The van der Waals surface area contributed by atoms with Crippen molar-refractivity contribution in [2.45, 2.75) is 38.6 Å². The largest absolute Gasteiger partial charge is 0.480 e. The second-order valence-electron chi connectivity index (χ2n) is 4.68. The summed E-state index contributed by atoms with van der Waals surface area (Å²) in [5.74, 6) is -0.423. The number of carboxylic acid groups (broad SMARTS) is 1. The van der Waals surface area contributed by atoms with Crippen molar-refractivity contribution in [1.29, 1.82) is 0 Å². The fourth-order valence-corrected chi connectivity index (χ4v) is 2.23. The number of amides is 2. The van der Waals surface area contributed by atoms with Crippen molar-refractivity contribution in [3.63, 3.8) is 0 Å². The third-order valence-electron chi connectivity index (χ3n) is 3.22. The van der Waals surface area contributed by atoms with Crippen LogP contribution in [0.1, 0.15) is 32.6 Å². The molecule has 1 aliphatic rings. The van der Waals surface area contributed by atoms with Crippen molar-refractivity contribution in [1.82, 2.24) is 10.6 Å². The molecule has 1 atom stereocenters. The van der Waals surface area contributed by atoms with E-state index >= 15 is 0 Å². The number of ether oxygens (including phenoxy) is 1. The van der Waals surface area contributed by atoms with Crippen LogP contribution in [-0.2, 0) is 9.53 Å². The summed E-state index contributed by atoms with van der Waals surface area (Å²) in [6.07, 6.45) is 4.87. The minimum Gasteiger partial charge on any atom is -0.480 e. The molecule has 6 heteroatoms. The first kappa shape index (κ1) is 14.8. The first-order valence-corrected chi connectivity index (χ1v) is 6.43. The molecule has 0 spiro atoms. The van der Waals surface area contributed by atoms with Crippen molar-refractivity contribution in [3.8, 4) is 0 Å². The first-order valence-electron chi connectivity index (χ1n) is 6.43. The smallest absolute Gasteiger partial charge is 0.329 e. The van der Waals surface area contributed by atoms with E-state index in [1.54, 1.807) is 0 Å². The molecule has 0 aromatic heterocycles. The maximum Gasteiger partial charge on any atom is 0.329 e. The van der Waals surface area contributed by atoms with Crippen LogP contribution in [-0.4, -0.2) is 42.9 Å². The van der Waals surface area contributed by atoms with Gasteiger partial charge in [-0.05, 0) is 25.7 Å². The Morgan fingerprint density at radius 2 is 2.06 bits per heavy atom. The highest BCUT2D eigenvalue weighted by Crippen LogP contribution is 2.27. The predicted octanol–water partition coefficient (Wildman–Crippen LogP) is 0.965. The molecule has 18 heavy (non-hydrogen) atoms. The van der Waals surface area contributed by atoms with Crippen LogP contribution in [0.3, 0.4) is 0 Å². The molecule has 0 aromatic rings. The van der Waals surface area contributed by atoms with Gasteiger partial charge in [-0.25, -0.2) is 9.59 Å². The molecule has 0 bridgehead atoms. The van der Waals surface area contributed by atoms with Crippen molar-refractivity contribution >= 4 is 12.0 Å². The quantitative estimate of drug-likeness (QED) is 0.594. The third kappa shape index (κ3) is 5.86. The summed E-state index contributed by atoms with van der Waals surface area (Å²) in [4.78, 5) is 21.7. The highest BCUT2D eigenvalue weighted by molar-refractivity contribution is 5.74. The van der Waals surface area contributed by atoms with Crippen molar-refractivity contribution < 1.29 is 19.4 Å². The van der Waals surface area contributed by atoms with Crippen LogP contribution in [0.2, 0.25) is 0 Å². The summed E-state index contributed by atoms with van der Waals surface area (Å²) < 4.78 is 4.81. The van der Waals surface area contributed by atoms with Gasteiger partial charge in [0, 0.05) is 12.6 Å². The summed E-state index contributed by atoms with van der Waals surface area (Å²) in [5.41, 5.74) is 0. The Kier molecular flexibility index (Phi) is 6.49. The zero-order valence-corrected chi connectivity index (χ0v) is 10.8. The highest BCUT2D eigenvalue weighted by Gasteiger charge is 2.22. The van der Waals surface area contributed by atoms with E-state index in [1.165, 1.54) is 25.7 Å². The summed E-state index contributed by atoms with van der Waals surface area (Å²) in [7, 11) is 0. The fourth-order valence-electron chi connectivity index (χ4n) is 2.23. The number of carbonyl (C=O) groups is 2. The molecule has 1 saturated carbocycles. The fraction of sp³-hybridized carbons (Fsp3) is 0.833. The van der Waals surface area contributed by atoms with Crippen LogP contribution in [0.15, 0.2) is 0 Å². The molecule has 6 nitrogen and oxygen atoms in total. The molecule has 104 valence electrons. The second-order valence-corrected chi connectivity index (χ2v) is 4.68. The van der Waals surface area contributed by atoms with Gasteiger partial charge in [-0.3, -0.25) is 0 Å². The Bertz CT molecular complexity index is 277. The van der Waals surface area contributed by atoms with Gasteiger partial charge >= 0.3 is 12.0 Å². The number of carboxylic acids is 1. The maximum absolute atomic E-state index is 11.5. The molecular formula is C12H22N2O4. The van der Waals surface area contributed by atoms with Crippen molar-refractivity contribution in [2.24, 2.45) is 5.92 Å². The Hall–Kier alpha value is -1.30. The molecule has 1 rings (SSSR count). The van der Waals surface area contributed by atoms with Crippen LogP contribution < -0.4 is 10.6 Å². The van der Waals surface area contributed by atoms with Gasteiger partial charge in [0.2, 0.25) is 0 Å². The van der Waals surface area contributed by atoms with Crippen LogP contribution >= 0.6 is 0 Å². The molecule has 0 radical (unpaired) electrons. The predicted molar refractivity (Wildman–Crippen MR) is 66.4 cm³/mol. The van der Waals surface area contributed by atoms with Crippen molar-refractivity contribution in [3.05, 3.63) is 0 Å². The summed E-state index contributed by atoms with van der Waals surface area (Å²) in [6.45, 7) is 2.21. The van der Waals surface area contributed by atoms with E-state index in [0.29, 0.717) is 12.5 Å². The van der Waals surface area contributed by atoms with E-state index in [4.69, 9.17) is 9.84 Å². The minimum absolute atomic E-state index is 0.187. The standard InChI is InChI=1S/C12H22N2O4/c1-9(10-4-2-3-5-10)14-12(17)13-6-7-18-8-11(15)16/h9-10H,2-8H2,1H3,(H,15,16)(H2,13,14,17). The first-order chi connectivity index (χ1) is 8.59. The van der Waals surface area contributed by atoms with Gasteiger partial charge in [0.25, 0.3) is 0 Å². The Labute approximate surface area is 107 Å². The van der Waals surface area contributed by atoms with Crippen LogP contribution in [0.25, 0.3) is 0 Å². The topological polar surface area (TPSA) is 87.7 Å². The van der Waals surface area contributed by atoms with E-state index in [1.807, 2.05) is 6.92 Å². The average Bonchev–Trinajstić information content (AvgIpc) is 2.81. The van der Waals surface area contributed by atoms with Crippen LogP contribution in [0, 0.1) is 5.92 Å². The van der Waals surface area contributed by atoms with E-state index in [-0.39, 0.29) is 25.3 Å². The van der Waals surface area contributed by atoms with E-state index in [9.17, 15) is 9.59 Å². The SMILES string of the molecule is CC(NC(=O)NCCOCC(=O)O)C1CCCC1. The monoisotopic (exact) mass is 258 g/mol. The highest BCUT2D eigenvalue weighted by atomic mass is 16.5. The number of rotatable bonds is 7. The molecule has 0 aliphatic heterocycles. The zero-order valence-electron chi connectivity index (χ0n) is 10.8. The molecule has 0 heterocycles. The van der Waals surface area contributed by atoms with Gasteiger partial charge in [0.05, 0.1) is 6.61 Å². The van der Waals surface area contributed by atoms with Gasteiger partial charge in [0.15, 0.2) is 0 Å². The number of carbonyl (C=O) groups excluding carboxylic acids is 1. The molecule has 1 aliphatic carbocycles. The minimum atomic E-state index is -1.01. The van der Waals surface area contributed by atoms with E-state index < -0.39 is 5.97 Å². The van der Waals surface area contributed by atoms with E-state index in [0.717, 1.165) is 0 Å². The van der Waals surface area contributed by atoms with Gasteiger partial charge in [-0.15, -0.1) is 0 Å². The Morgan fingerprint density at radius 1 is 1.39 bits per heavy atom. The molecule has 0 saturated heterocycles. The lowest BCUT2D eigenvalue weighted by Gasteiger charge is -2.20. The Morgan fingerprint density at radius 3 is 2.67 bits per heavy atom. The average molecular weight is 258 g/mol. The number of hydrogen-bond acceptors (Lipinski definition) is 3. The number of hydrogen-bond donors (Lipinski definition) is 3. The summed E-state index contributed by atoms with van der Waals surface area (Å²) in [5, 5.41) is 13.9. The number of aliphatic carboxylic acids is 1. The van der Waals surface area contributed by atoms with Crippen LogP contribution in [0.5, 0.6) is 0 Å². The maximum atomic E-state index is 11.5. The molecule has 2 amide bonds. The Balaban J connectivity index is 2.04. The van der Waals surface area contributed by atoms with Crippen LogP contribution in [0.4, 0.5) is 4.79 Å². The number of urea groups is 1. The molecule has 1 fully saturated rings. The summed E-state index contributed by atoms with van der Waals surface area (Å²) >= 11 is 0. The molecular weight excluding hydrogens is 236 g/mol. The van der Waals surface area contributed by atoms with Gasteiger partial charge in [-0.2, -0.15) is 0 Å². The number of nitrogens with one attached hydrogen (secondary N) is 2. The lowest BCUT2D eigenvalue weighted by molar-refractivity contribution is -0.142. The molecule has 1 unspecified atom stereocenters. The van der Waals surface area contributed by atoms with Gasteiger partial charge in [-0.1, -0.05) is 12.8 Å². The zero-order chi connectivity index (χ0) is 13.4. The molecule has 0 aromatic carbocycles. The van der Waals surface area contributed by atoms with Gasteiger partial charge in [0.1, 0.15) is 6.61 Å². The lowest BCUT2D eigenvalue weighted by atomic mass is 10.0. The van der Waals surface area contributed by atoms with Crippen molar-refractivity contribution in [2.75, 3.05) is 19.8 Å². The van der Waals surface area contributed by atoms with E-state index in [2.05, 4.69) is 10.6 Å². The van der Waals surface area contributed by atoms with Gasteiger partial charge < -0.3 is 20.5 Å². The lowest BCUT2D eigenvalue weighted by Crippen LogP contribution is -2.44. The normalized spacial score (nSPS) is 17.4. The third-order valence-corrected chi connectivity index (χ3v) is 3.22. The summed E-state index contributed by atoms with van der Waals surface area (Å²) in [6, 6.07) is -0.0271.